The zero-order chi connectivity index (χ0) is 74.4. The first-order chi connectivity index (χ1) is 45.0. The lowest BCUT2D eigenvalue weighted by Crippen LogP contribution is -2.64. The molecule has 2 fully saturated rings. The first kappa shape index (κ1) is 87.2. The minimum Gasteiger partial charge on any atom is -0.390 e. The highest BCUT2D eigenvalue weighted by Crippen LogP contribution is 2.27. The van der Waals surface area contributed by atoms with Gasteiger partial charge in [0.25, 0.3) is 0 Å². The topological polar surface area (TPSA) is 302 Å². The maximum absolute atomic E-state index is 15.5. The number of allylic oxidation sites excluding steroid dienone is 2. The van der Waals surface area contributed by atoms with E-state index in [4.69, 9.17) is 0 Å². The van der Waals surface area contributed by atoms with Crippen molar-refractivity contribution in [1.82, 2.24) is 60.5 Å². The molecule has 0 spiro atoms. The van der Waals surface area contributed by atoms with E-state index in [-0.39, 0.29) is 55.6 Å². The predicted molar refractivity (Wildman–Crippen MR) is 381 cm³/mol. The fourth-order valence-corrected chi connectivity index (χ4v) is 13.8. The molecule has 26 heteroatoms. The molecule has 0 aromatic heterocycles. The maximum atomic E-state index is 15.5. The summed E-state index contributed by atoms with van der Waals surface area (Å²) in [6.45, 7) is 31.9. The fraction of sp³-hybridized carbons (Fsp3) is 0.817. The van der Waals surface area contributed by atoms with E-state index in [0.717, 1.165) is 48.7 Å². The molecule has 13 atom stereocenters. The third-order valence-electron chi connectivity index (χ3n) is 18.9. The molecule has 0 aromatic carbocycles. The standard InChI is InChI=1S/C71H128N12O13S/c1-25-27-32-47(13)59(84)58-63(88)74-50(26-2)65(90)80(22)55(41-97-36-31-35-83-33-29-28-30-34-83)68(93)79(21)54(40-71(16,17)96)62(87)75-56(45(9)10)69(94)76(18)51(37-42(3)4)61(86)72-48(14)60(85)73-49(15)64(89)77(19)52(38-43(5)6)66(91)78(20)53(39-44(7)8)67(92)81(23)57(46(11)12)70(95)82(58)24/h25,27,42-59,84,96H,26,28-41H2,1-24H3,(H,72,86)(H,73,85)(H,74,88)(H,75,87)/t47-,48+,49-,50+,51+,52+,53+,54+,55-,56+,57+,58+,59-/m1/s1. The molecule has 6 N–H and O–H groups in total. The SMILES string of the molecule is CC=CC[C@@H](C)[C@@H](O)[C@H]1C(=O)N[C@@H](CC)C(=O)N(C)[C@H](CSCCCN2CCCCC2)C(=O)N(C)[C@@H](CC(C)(C)O)C(=O)N[C@@H](C(C)C)C(=O)N(C)[C@@H](CC(C)C)C(=O)N[C@@H](C)C(=O)N[C@H](C)C(=O)N(C)[C@@H](CC(C)C)C(=O)N(C)[C@@H](CC(C)C)C(=O)N(C)[C@@H](C(C)C)C(=O)N1C. The summed E-state index contributed by atoms with van der Waals surface area (Å²) in [5.74, 6) is -9.52. The van der Waals surface area contributed by atoms with Gasteiger partial charge in [0.15, 0.2) is 0 Å². The molecule has 2 aliphatic heterocycles. The molecule has 0 aliphatic carbocycles. The first-order valence-corrected chi connectivity index (χ1v) is 36.5. The van der Waals surface area contributed by atoms with Crippen LogP contribution in [0.25, 0.3) is 0 Å². The van der Waals surface area contributed by atoms with Crippen molar-refractivity contribution in [2.45, 2.75) is 260 Å². The van der Waals surface area contributed by atoms with E-state index in [2.05, 4.69) is 26.2 Å². The van der Waals surface area contributed by atoms with Crippen LogP contribution in [-0.4, -0.2) is 273 Å². The number of likely N-dealkylation sites (tertiary alicyclic amines) is 1. The van der Waals surface area contributed by atoms with Crippen LogP contribution in [0.1, 0.15) is 182 Å². The Morgan fingerprint density at radius 1 is 0.515 bits per heavy atom. The van der Waals surface area contributed by atoms with Crippen LogP contribution >= 0.6 is 11.8 Å². The highest BCUT2D eigenvalue weighted by Gasteiger charge is 2.47. The Bertz CT molecular complexity index is 2650. The van der Waals surface area contributed by atoms with Crippen molar-refractivity contribution >= 4 is 76.7 Å². The van der Waals surface area contributed by atoms with E-state index in [1.807, 2.05) is 47.6 Å². The highest BCUT2D eigenvalue weighted by molar-refractivity contribution is 7.99. The van der Waals surface area contributed by atoms with Crippen LogP contribution in [0.5, 0.6) is 0 Å². The van der Waals surface area contributed by atoms with Crippen LogP contribution in [-0.2, 0) is 52.7 Å². The summed E-state index contributed by atoms with van der Waals surface area (Å²) in [5.41, 5.74) is -1.58. The molecule has 0 bridgehead atoms. The van der Waals surface area contributed by atoms with E-state index in [0.29, 0.717) is 12.2 Å². The Labute approximate surface area is 585 Å². The van der Waals surface area contributed by atoms with Gasteiger partial charge in [0.1, 0.15) is 66.5 Å². The van der Waals surface area contributed by atoms with Crippen molar-refractivity contribution < 1.29 is 63.0 Å². The van der Waals surface area contributed by atoms with Crippen LogP contribution in [0.2, 0.25) is 0 Å². The van der Waals surface area contributed by atoms with Crippen LogP contribution in [0.4, 0.5) is 0 Å². The number of aliphatic hydroxyl groups is 2. The summed E-state index contributed by atoms with van der Waals surface area (Å²) < 4.78 is 0. The molecule has 0 aromatic rings. The van der Waals surface area contributed by atoms with Gasteiger partial charge in [-0.25, -0.2) is 0 Å². The van der Waals surface area contributed by atoms with Crippen LogP contribution in [0.3, 0.4) is 0 Å². The molecule has 11 amide bonds. The summed E-state index contributed by atoms with van der Waals surface area (Å²) in [6.07, 6.45) is 6.58. The van der Waals surface area contributed by atoms with Crippen molar-refractivity contribution in [3.8, 4) is 0 Å². The molecule has 0 radical (unpaired) electrons. The molecule has 2 aliphatic rings. The van der Waals surface area contributed by atoms with Crippen molar-refractivity contribution in [2.24, 2.45) is 35.5 Å². The number of piperidine rings is 1. The highest BCUT2D eigenvalue weighted by atomic mass is 32.2. The number of hydrogen-bond donors (Lipinski definition) is 6. The molecule has 2 rings (SSSR count). The third-order valence-corrected chi connectivity index (χ3v) is 20.0. The van der Waals surface area contributed by atoms with Gasteiger partial charge < -0.3 is 70.7 Å². The van der Waals surface area contributed by atoms with Gasteiger partial charge in [0.05, 0.1) is 11.7 Å². The van der Waals surface area contributed by atoms with E-state index >= 15 is 33.6 Å². The van der Waals surface area contributed by atoms with Gasteiger partial charge in [-0.2, -0.15) is 11.8 Å². The number of nitrogens with zero attached hydrogens (tertiary/aromatic N) is 8. The molecule has 0 saturated carbocycles. The molecule has 0 unspecified atom stereocenters. The average molecular weight is 1390 g/mol. The van der Waals surface area contributed by atoms with Crippen LogP contribution in [0, 0.1) is 35.5 Å². The lowest BCUT2D eigenvalue weighted by atomic mass is 9.91. The third kappa shape index (κ3) is 25.7. The number of hydrogen-bond acceptors (Lipinski definition) is 15. The van der Waals surface area contributed by atoms with Crippen molar-refractivity contribution in [3.63, 3.8) is 0 Å². The van der Waals surface area contributed by atoms with E-state index in [9.17, 15) is 29.4 Å². The quantitative estimate of drug-likeness (QED) is 0.0687. The molecule has 97 heavy (non-hydrogen) atoms. The Hall–Kier alpha value is -5.86. The van der Waals surface area contributed by atoms with Gasteiger partial charge in [-0.1, -0.05) is 102 Å². The number of carbonyl (C=O) groups excluding carboxylic acids is 11. The van der Waals surface area contributed by atoms with Crippen LogP contribution in [0.15, 0.2) is 12.2 Å². The summed E-state index contributed by atoms with van der Waals surface area (Å²) in [6, 6.07) is -14.3. The Morgan fingerprint density at radius 2 is 0.969 bits per heavy atom. The molecule has 25 nitrogen and oxygen atoms in total. The van der Waals surface area contributed by atoms with E-state index < -0.39 is 161 Å². The number of amides is 11. The lowest BCUT2D eigenvalue weighted by molar-refractivity contribution is -0.157. The fourth-order valence-electron chi connectivity index (χ4n) is 12.7. The lowest BCUT2D eigenvalue weighted by Gasteiger charge is -2.41. The number of likely N-dealkylation sites (N-methyl/N-ethyl adjacent to an activating group) is 7. The predicted octanol–water partition coefficient (Wildman–Crippen LogP) is 4.36. The van der Waals surface area contributed by atoms with Gasteiger partial charge in [-0.05, 0) is 147 Å². The molecular weight excluding hydrogens is 1260 g/mol. The number of rotatable bonds is 21. The van der Waals surface area contributed by atoms with E-state index in [1.54, 1.807) is 54.5 Å². The summed E-state index contributed by atoms with van der Waals surface area (Å²) in [5, 5.41) is 34.9. The summed E-state index contributed by atoms with van der Waals surface area (Å²) >= 11 is 1.44. The first-order valence-electron chi connectivity index (χ1n) is 35.4. The van der Waals surface area contributed by atoms with Crippen molar-refractivity contribution in [3.05, 3.63) is 12.2 Å². The van der Waals surface area contributed by atoms with Gasteiger partial charge >= 0.3 is 0 Å². The monoisotopic (exact) mass is 1390 g/mol. The number of thioether (sulfide) groups is 1. The average Bonchev–Trinajstić information content (AvgIpc) is 0.808. The molecule has 2 saturated heterocycles. The normalized spacial score (nSPS) is 27.1. The summed E-state index contributed by atoms with van der Waals surface area (Å²) in [4.78, 5) is 176. The second-order valence-corrected chi connectivity index (χ2v) is 31.2. The summed E-state index contributed by atoms with van der Waals surface area (Å²) in [7, 11) is 9.95. The van der Waals surface area contributed by atoms with Gasteiger partial charge in [-0.15, -0.1) is 0 Å². The zero-order valence-electron chi connectivity index (χ0n) is 63.5. The second kappa shape index (κ2) is 40.4. The number of carbonyl (C=O) groups is 11. The smallest absolute Gasteiger partial charge is 0.246 e. The minimum absolute atomic E-state index is 0.0178. The Morgan fingerprint density at radius 3 is 1.46 bits per heavy atom. The Balaban J connectivity index is 3.11. The van der Waals surface area contributed by atoms with Crippen molar-refractivity contribution in [1.29, 1.82) is 0 Å². The number of aliphatic hydroxyl groups excluding tert-OH is 1. The largest absolute Gasteiger partial charge is 0.390 e. The van der Waals surface area contributed by atoms with Gasteiger partial charge in [0.2, 0.25) is 65.0 Å². The minimum atomic E-state index is -1.65. The van der Waals surface area contributed by atoms with Gasteiger partial charge in [-0.3, -0.25) is 52.7 Å². The number of nitrogens with one attached hydrogen (secondary N) is 4. The Kier molecular flexibility index (Phi) is 36.3. The van der Waals surface area contributed by atoms with E-state index in [1.165, 1.54) is 120 Å². The maximum Gasteiger partial charge on any atom is 0.246 e. The van der Waals surface area contributed by atoms with Gasteiger partial charge in [0, 0.05) is 61.5 Å². The van der Waals surface area contributed by atoms with Crippen LogP contribution < -0.4 is 21.3 Å². The molecule has 556 valence electrons. The zero-order valence-corrected chi connectivity index (χ0v) is 64.3. The molecular formula is C71H128N12O13S. The second-order valence-electron chi connectivity index (χ2n) is 30.0. The van der Waals surface area contributed by atoms with Crippen molar-refractivity contribution in [2.75, 3.05) is 80.5 Å². The molecule has 2 heterocycles.